The second kappa shape index (κ2) is 5.34. The predicted octanol–water partition coefficient (Wildman–Crippen LogP) is 1.45. The van der Waals surface area contributed by atoms with E-state index in [4.69, 9.17) is 15.0 Å². The van der Waals surface area contributed by atoms with Crippen LogP contribution in [0.15, 0.2) is 17.0 Å². The number of imidazole rings is 1. The molecule has 0 aliphatic carbocycles. The lowest BCUT2D eigenvalue weighted by Crippen LogP contribution is -2.31. The maximum Gasteiger partial charge on any atom is 0.244 e. The van der Waals surface area contributed by atoms with Gasteiger partial charge in [-0.05, 0) is 26.2 Å². The Bertz CT molecular complexity index is 545. The summed E-state index contributed by atoms with van der Waals surface area (Å²) in [5, 5.41) is 4.05. The smallest absolute Gasteiger partial charge is 0.244 e. The van der Waals surface area contributed by atoms with E-state index in [9.17, 15) is 0 Å². The molecule has 0 radical (unpaired) electrons. The van der Waals surface area contributed by atoms with E-state index in [1.807, 2.05) is 6.92 Å². The van der Waals surface area contributed by atoms with Gasteiger partial charge in [0.15, 0.2) is 0 Å². The number of aromatic amines is 1. The Morgan fingerprint density at radius 3 is 3.10 bits per heavy atom. The number of H-pyrrole nitrogens is 1. The average molecular weight is 277 g/mol. The number of hydrogen-bond acceptors (Lipinski definition) is 6. The number of nitrogens with one attached hydrogen (secondary N) is 1. The van der Waals surface area contributed by atoms with Crippen LogP contribution in [-0.2, 0) is 16.8 Å². The third kappa shape index (κ3) is 2.59. The van der Waals surface area contributed by atoms with Gasteiger partial charge in [0.25, 0.3) is 0 Å². The summed E-state index contributed by atoms with van der Waals surface area (Å²) in [5.41, 5.74) is 6.58. The van der Waals surface area contributed by atoms with Gasteiger partial charge in [-0.2, -0.15) is 4.98 Å². The van der Waals surface area contributed by atoms with Crippen molar-refractivity contribution < 1.29 is 9.26 Å². The van der Waals surface area contributed by atoms with Gasteiger partial charge in [0.05, 0.1) is 12.4 Å². The Hall–Kier alpha value is -1.73. The van der Waals surface area contributed by atoms with Crippen LogP contribution in [0.4, 0.5) is 0 Å². The molecule has 2 atom stereocenters. The molecule has 0 bridgehead atoms. The molecule has 3 heterocycles. The van der Waals surface area contributed by atoms with Crippen LogP contribution in [0.1, 0.15) is 49.6 Å². The molecule has 0 aromatic carbocycles. The van der Waals surface area contributed by atoms with Crippen LogP contribution in [0.5, 0.6) is 0 Å². The summed E-state index contributed by atoms with van der Waals surface area (Å²) in [4.78, 5) is 11.4. The lowest BCUT2D eigenvalue weighted by atomic mass is 9.95. The lowest BCUT2D eigenvalue weighted by Gasteiger charge is -2.30. The number of ether oxygens (including phenoxy) is 1. The van der Waals surface area contributed by atoms with Crippen LogP contribution in [-0.4, -0.2) is 26.7 Å². The standard InChI is InChI=1S/C13H19N5O2/c1-13(4-2-3-5-19-13)12-17-11(20-18-12)10(14)6-9-7-15-8-16-9/h7-8,10H,2-6,14H2,1H3,(H,15,16)/t10-,13?/m1/s1. The third-order valence-electron chi connectivity index (χ3n) is 3.70. The van der Waals surface area contributed by atoms with Crippen LogP contribution in [0.3, 0.4) is 0 Å². The van der Waals surface area contributed by atoms with Gasteiger partial charge in [-0.25, -0.2) is 4.98 Å². The molecule has 7 heteroatoms. The summed E-state index contributed by atoms with van der Waals surface area (Å²) in [6, 6.07) is -0.344. The molecule has 7 nitrogen and oxygen atoms in total. The minimum absolute atomic E-state index is 0.344. The molecule has 0 saturated carbocycles. The zero-order valence-electron chi connectivity index (χ0n) is 11.5. The van der Waals surface area contributed by atoms with Gasteiger partial charge in [-0.15, -0.1) is 0 Å². The number of nitrogens with zero attached hydrogens (tertiary/aromatic N) is 3. The molecule has 0 amide bonds. The van der Waals surface area contributed by atoms with Crippen LogP contribution in [0, 0.1) is 0 Å². The summed E-state index contributed by atoms with van der Waals surface area (Å²) in [7, 11) is 0. The molecule has 20 heavy (non-hydrogen) atoms. The second-order valence-electron chi connectivity index (χ2n) is 5.38. The minimum atomic E-state index is -0.451. The molecular formula is C13H19N5O2. The average Bonchev–Trinajstić information content (AvgIpc) is 3.10. The largest absolute Gasteiger partial charge is 0.367 e. The van der Waals surface area contributed by atoms with Gasteiger partial charge in [0.1, 0.15) is 5.60 Å². The molecule has 2 aromatic heterocycles. The normalized spacial score (nSPS) is 24.7. The van der Waals surface area contributed by atoms with Crippen molar-refractivity contribution in [3.05, 3.63) is 29.9 Å². The summed E-state index contributed by atoms with van der Waals surface area (Å²) in [5.74, 6) is 1.03. The fraction of sp³-hybridized carbons (Fsp3) is 0.615. The first kappa shape index (κ1) is 13.3. The molecule has 108 valence electrons. The van der Waals surface area contributed by atoms with Crippen molar-refractivity contribution in [1.82, 2.24) is 20.1 Å². The monoisotopic (exact) mass is 277 g/mol. The van der Waals surface area contributed by atoms with Gasteiger partial charge >= 0.3 is 0 Å². The van der Waals surface area contributed by atoms with Crippen LogP contribution >= 0.6 is 0 Å². The lowest BCUT2D eigenvalue weighted by molar-refractivity contribution is -0.0770. The van der Waals surface area contributed by atoms with Crippen molar-refractivity contribution >= 4 is 0 Å². The Labute approximate surface area is 116 Å². The zero-order valence-corrected chi connectivity index (χ0v) is 11.5. The van der Waals surface area contributed by atoms with Crippen LogP contribution in [0.25, 0.3) is 0 Å². The molecule has 1 unspecified atom stereocenters. The van der Waals surface area contributed by atoms with Gasteiger partial charge in [0, 0.05) is 24.9 Å². The van der Waals surface area contributed by atoms with Crippen molar-refractivity contribution in [2.45, 2.75) is 44.2 Å². The van der Waals surface area contributed by atoms with Crippen LogP contribution < -0.4 is 5.73 Å². The molecule has 1 aliphatic heterocycles. The maximum absolute atomic E-state index is 6.09. The van der Waals surface area contributed by atoms with Crippen molar-refractivity contribution in [2.24, 2.45) is 5.73 Å². The number of rotatable bonds is 4. The zero-order chi connectivity index (χ0) is 14.0. The Morgan fingerprint density at radius 1 is 1.50 bits per heavy atom. The van der Waals surface area contributed by atoms with Gasteiger partial charge in [-0.1, -0.05) is 5.16 Å². The fourth-order valence-electron chi connectivity index (χ4n) is 2.43. The highest BCUT2D eigenvalue weighted by Crippen LogP contribution is 2.33. The van der Waals surface area contributed by atoms with E-state index in [1.54, 1.807) is 12.5 Å². The molecule has 2 aromatic rings. The topological polar surface area (TPSA) is 103 Å². The highest BCUT2D eigenvalue weighted by Gasteiger charge is 2.35. The van der Waals surface area contributed by atoms with Gasteiger partial charge < -0.3 is 20.0 Å². The van der Waals surface area contributed by atoms with E-state index in [1.165, 1.54) is 0 Å². The van der Waals surface area contributed by atoms with Gasteiger partial charge in [-0.3, -0.25) is 0 Å². The Balaban J connectivity index is 1.72. The van der Waals surface area contributed by atoms with E-state index in [0.717, 1.165) is 31.6 Å². The summed E-state index contributed by atoms with van der Waals surface area (Å²) < 4.78 is 11.1. The fourth-order valence-corrected chi connectivity index (χ4v) is 2.43. The number of nitrogens with two attached hydrogens (primary N) is 1. The van der Waals surface area contributed by atoms with E-state index >= 15 is 0 Å². The first-order valence-corrected chi connectivity index (χ1v) is 6.88. The van der Waals surface area contributed by atoms with Gasteiger partial charge in [0.2, 0.25) is 11.7 Å². The van der Waals surface area contributed by atoms with Crippen molar-refractivity contribution in [3.8, 4) is 0 Å². The second-order valence-corrected chi connectivity index (χ2v) is 5.38. The summed E-state index contributed by atoms with van der Waals surface area (Å²) in [6.07, 6.45) is 7.04. The molecular weight excluding hydrogens is 258 g/mol. The first-order chi connectivity index (χ1) is 9.67. The quantitative estimate of drug-likeness (QED) is 0.876. The molecule has 1 saturated heterocycles. The SMILES string of the molecule is CC1(c2noc([C@H](N)Cc3cnc[nH]3)n2)CCCCO1. The van der Waals surface area contributed by atoms with Crippen molar-refractivity contribution in [3.63, 3.8) is 0 Å². The Kier molecular flexibility index (Phi) is 3.54. The van der Waals surface area contributed by atoms with E-state index in [0.29, 0.717) is 18.1 Å². The van der Waals surface area contributed by atoms with E-state index in [-0.39, 0.29) is 6.04 Å². The third-order valence-corrected chi connectivity index (χ3v) is 3.70. The predicted molar refractivity (Wildman–Crippen MR) is 70.7 cm³/mol. The number of hydrogen-bond donors (Lipinski definition) is 2. The van der Waals surface area contributed by atoms with Crippen LogP contribution in [0.2, 0.25) is 0 Å². The Morgan fingerprint density at radius 2 is 2.40 bits per heavy atom. The number of aromatic nitrogens is 4. The van der Waals surface area contributed by atoms with E-state index < -0.39 is 5.60 Å². The maximum atomic E-state index is 6.09. The highest BCUT2D eigenvalue weighted by atomic mass is 16.5. The molecule has 3 N–H and O–H groups in total. The molecule has 1 fully saturated rings. The van der Waals surface area contributed by atoms with Crippen molar-refractivity contribution in [1.29, 1.82) is 0 Å². The molecule has 0 spiro atoms. The summed E-state index contributed by atoms with van der Waals surface area (Å²) >= 11 is 0. The first-order valence-electron chi connectivity index (χ1n) is 6.88. The van der Waals surface area contributed by atoms with E-state index in [2.05, 4.69) is 20.1 Å². The summed E-state index contributed by atoms with van der Waals surface area (Å²) in [6.45, 7) is 2.74. The molecule has 1 aliphatic rings. The highest BCUT2D eigenvalue weighted by molar-refractivity contribution is 5.05. The van der Waals surface area contributed by atoms with Crippen molar-refractivity contribution in [2.75, 3.05) is 6.61 Å². The minimum Gasteiger partial charge on any atom is -0.367 e. The molecule has 3 rings (SSSR count).